The van der Waals surface area contributed by atoms with Crippen molar-refractivity contribution >= 4 is 26.7 Å². The average molecular weight is 383 g/mol. The highest BCUT2D eigenvalue weighted by molar-refractivity contribution is 7.90. The maximum atomic E-state index is 12.6. The number of benzene rings is 2. The third-order valence-electron chi connectivity index (χ3n) is 4.46. The molecule has 7 nitrogen and oxygen atoms in total. The Bertz CT molecular complexity index is 1140. The molecule has 0 bridgehead atoms. The number of sulfonamides is 1. The number of fused-ring (bicyclic) bond motifs is 1. The summed E-state index contributed by atoms with van der Waals surface area (Å²) >= 11 is 0. The van der Waals surface area contributed by atoms with E-state index in [1.165, 1.54) is 25.3 Å². The minimum absolute atomic E-state index is 0.00377. The number of methoxy groups -OCH3 is 1. The summed E-state index contributed by atoms with van der Waals surface area (Å²) in [6, 6.07) is 13.5. The monoisotopic (exact) mass is 383 g/mol. The Morgan fingerprint density at radius 3 is 2.52 bits per heavy atom. The first-order valence-electron chi connectivity index (χ1n) is 8.45. The minimum atomic E-state index is -4.04. The number of aromatic nitrogens is 2. The normalized spacial score (nSPS) is 14.1. The summed E-state index contributed by atoms with van der Waals surface area (Å²) in [5.41, 5.74) is 0.590. The zero-order valence-corrected chi connectivity index (χ0v) is 15.4. The predicted molar refractivity (Wildman–Crippen MR) is 99.2 cm³/mol. The van der Waals surface area contributed by atoms with Crippen molar-refractivity contribution in [2.24, 2.45) is 0 Å². The molecule has 138 valence electrons. The molecule has 1 aromatic heterocycles. The van der Waals surface area contributed by atoms with E-state index in [4.69, 9.17) is 4.74 Å². The molecule has 0 aliphatic heterocycles. The fourth-order valence-electron chi connectivity index (χ4n) is 2.87. The average Bonchev–Trinajstić information content (AvgIpc) is 3.52. The zero-order chi connectivity index (χ0) is 19.0. The van der Waals surface area contributed by atoms with Gasteiger partial charge in [0.15, 0.2) is 5.69 Å². The molecule has 4 rings (SSSR count). The van der Waals surface area contributed by atoms with Gasteiger partial charge in [-0.1, -0.05) is 30.3 Å². The van der Waals surface area contributed by atoms with Crippen LogP contribution in [0.2, 0.25) is 0 Å². The van der Waals surface area contributed by atoms with Gasteiger partial charge in [0.2, 0.25) is 0 Å². The van der Waals surface area contributed by atoms with Gasteiger partial charge in [0.25, 0.3) is 15.9 Å². The van der Waals surface area contributed by atoms with Gasteiger partial charge < -0.3 is 4.74 Å². The number of nitrogens with zero attached hydrogens (tertiary/aromatic N) is 2. The van der Waals surface area contributed by atoms with Crippen molar-refractivity contribution in [1.82, 2.24) is 14.9 Å². The highest BCUT2D eigenvalue weighted by Gasteiger charge is 2.30. The van der Waals surface area contributed by atoms with Gasteiger partial charge in [-0.2, -0.15) is 5.10 Å². The van der Waals surface area contributed by atoms with Crippen LogP contribution in [-0.4, -0.2) is 31.6 Å². The van der Waals surface area contributed by atoms with Crippen LogP contribution in [-0.2, 0) is 10.0 Å². The van der Waals surface area contributed by atoms with E-state index in [-0.39, 0.29) is 10.6 Å². The number of nitrogens with one attached hydrogen (secondary N) is 1. The molecule has 8 heteroatoms. The molecule has 0 atom stereocenters. The lowest BCUT2D eigenvalue weighted by atomic mass is 10.1. The second-order valence-electron chi connectivity index (χ2n) is 6.40. The van der Waals surface area contributed by atoms with E-state index in [0.29, 0.717) is 17.4 Å². The van der Waals surface area contributed by atoms with E-state index in [1.807, 2.05) is 29.0 Å². The van der Waals surface area contributed by atoms with Crippen LogP contribution in [0.25, 0.3) is 10.8 Å². The fourth-order valence-corrected chi connectivity index (χ4v) is 3.86. The van der Waals surface area contributed by atoms with Gasteiger partial charge in [0, 0.05) is 12.0 Å². The number of hydrogen-bond acceptors (Lipinski definition) is 6. The second kappa shape index (κ2) is 6.62. The van der Waals surface area contributed by atoms with Crippen LogP contribution < -0.4 is 9.46 Å². The molecular weight excluding hydrogens is 366 g/mol. The topological polar surface area (TPSA) is 98.2 Å². The largest absolute Gasteiger partial charge is 0.495 e. The maximum Gasteiger partial charge on any atom is 0.285 e. The van der Waals surface area contributed by atoms with Crippen LogP contribution in [0.3, 0.4) is 0 Å². The molecule has 1 heterocycles. The van der Waals surface area contributed by atoms with Gasteiger partial charge in [-0.25, -0.2) is 13.1 Å². The lowest BCUT2D eigenvalue weighted by Gasteiger charge is -2.09. The smallest absolute Gasteiger partial charge is 0.285 e. The summed E-state index contributed by atoms with van der Waals surface area (Å²) in [7, 11) is -2.56. The Balaban J connectivity index is 1.60. The highest BCUT2D eigenvalue weighted by Crippen LogP contribution is 2.42. The molecule has 1 fully saturated rings. The summed E-state index contributed by atoms with van der Waals surface area (Å²) in [5.74, 6) is -0.108. The van der Waals surface area contributed by atoms with Crippen molar-refractivity contribution < 1.29 is 17.9 Å². The lowest BCUT2D eigenvalue weighted by molar-refractivity contribution is 0.0975. The molecule has 0 radical (unpaired) electrons. The predicted octanol–water partition coefficient (Wildman–Crippen LogP) is 2.63. The Kier molecular flexibility index (Phi) is 4.27. The van der Waals surface area contributed by atoms with E-state index in [1.54, 1.807) is 6.07 Å². The molecule has 1 aliphatic rings. The van der Waals surface area contributed by atoms with Crippen LogP contribution >= 0.6 is 0 Å². The van der Waals surface area contributed by atoms with Crippen LogP contribution in [0.4, 0.5) is 0 Å². The minimum Gasteiger partial charge on any atom is -0.495 e. The summed E-state index contributed by atoms with van der Waals surface area (Å²) in [6.07, 6.45) is 2.01. The number of carbonyl (C=O) groups excluding carboxylic acids is 1. The van der Waals surface area contributed by atoms with Crippen LogP contribution in [0, 0.1) is 0 Å². The maximum absolute atomic E-state index is 12.6. The van der Waals surface area contributed by atoms with Crippen molar-refractivity contribution in [2.45, 2.75) is 23.7 Å². The molecule has 0 unspecified atom stereocenters. The molecule has 27 heavy (non-hydrogen) atoms. The highest BCUT2D eigenvalue weighted by atomic mass is 32.2. The standard InChI is InChI=1S/C19H17N3O4S/c1-26-17-11-16(20-21-18(17)13-6-7-13)19(23)22-27(24,25)15-9-8-12-4-2-3-5-14(12)10-15/h2-5,8-11,13H,6-7H2,1H3,(H,22,23). The number of carbonyl (C=O) groups is 1. The summed E-state index contributed by atoms with van der Waals surface area (Å²) in [4.78, 5) is 12.4. The molecule has 1 amide bonds. The van der Waals surface area contributed by atoms with Gasteiger partial charge in [-0.05, 0) is 35.7 Å². The Morgan fingerprint density at radius 2 is 1.81 bits per heavy atom. The molecule has 0 spiro atoms. The summed E-state index contributed by atoms with van der Waals surface area (Å²) in [5, 5.41) is 9.59. The zero-order valence-electron chi connectivity index (χ0n) is 14.5. The van der Waals surface area contributed by atoms with Crippen LogP contribution in [0.15, 0.2) is 53.4 Å². The van der Waals surface area contributed by atoms with Crippen molar-refractivity contribution in [3.8, 4) is 5.75 Å². The molecule has 2 aromatic carbocycles. The Morgan fingerprint density at radius 1 is 1.07 bits per heavy atom. The second-order valence-corrected chi connectivity index (χ2v) is 8.08. The number of amides is 1. The molecule has 1 N–H and O–H groups in total. The van der Waals surface area contributed by atoms with Crippen molar-refractivity contribution in [3.05, 3.63) is 59.9 Å². The first kappa shape index (κ1) is 17.4. The molecule has 3 aromatic rings. The van der Waals surface area contributed by atoms with E-state index >= 15 is 0 Å². The molecule has 1 aliphatic carbocycles. The molecule has 0 saturated heterocycles. The van der Waals surface area contributed by atoms with E-state index in [2.05, 4.69) is 10.2 Å². The van der Waals surface area contributed by atoms with Crippen molar-refractivity contribution in [2.75, 3.05) is 7.11 Å². The van der Waals surface area contributed by atoms with E-state index in [0.717, 1.165) is 23.6 Å². The fraction of sp³-hybridized carbons (Fsp3) is 0.211. The Hall–Kier alpha value is -3.00. The van der Waals surface area contributed by atoms with Crippen molar-refractivity contribution in [1.29, 1.82) is 0 Å². The first-order chi connectivity index (χ1) is 13.0. The third kappa shape index (κ3) is 3.48. The van der Waals surface area contributed by atoms with Gasteiger partial charge in [0.05, 0.1) is 12.0 Å². The quantitative estimate of drug-likeness (QED) is 0.727. The van der Waals surface area contributed by atoms with Gasteiger partial charge in [0.1, 0.15) is 11.4 Å². The lowest BCUT2D eigenvalue weighted by Crippen LogP contribution is -2.31. The Labute approximate surface area is 156 Å². The molecular formula is C19H17N3O4S. The van der Waals surface area contributed by atoms with E-state index < -0.39 is 15.9 Å². The van der Waals surface area contributed by atoms with Gasteiger partial charge in [-0.15, -0.1) is 5.10 Å². The summed E-state index contributed by atoms with van der Waals surface area (Å²) < 4.78 is 32.5. The summed E-state index contributed by atoms with van der Waals surface area (Å²) in [6.45, 7) is 0. The number of rotatable bonds is 5. The third-order valence-corrected chi connectivity index (χ3v) is 5.79. The molecule has 1 saturated carbocycles. The first-order valence-corrected chi connectivity index (χ1v) is 9.94. The van der Waals surface area contributed by atoms with Crippen molar-refractivity contribution in [3.63, 3.8) is 0 Å². The van der Waals surface area contributed by atoms with Gasteiger partial charge in [-0.3, -0.25) is 4.79 Å². The van der Waals surface area contributed by atoms with Crippen LogP contribution in [0.1, 0.15) is 34.9 Å². The number of hydrogen-bond donors (Lipinski definition) is 1. The SMILES string of the molecule is COc1cc(C(=O)NS(=O)(=O)c2ccc3ccccc3c2)nnc1C1CC1. The number of ether oxygens (including phenoxy) is 1. The van der Waals surface area contributed by atoms with Crippen LogP contribution in [0.5, 0.6) is 5.75 Å². The van der Waals surface area contributed by atoms with Gasteiger partial charge >= 0.3 is 0 Å². The van der Waals surface area contributed by atoms with E-state index in [9.17, 15) is 13.2 Å².